The Labute approximate surface area is 132 Å². The van der Waals surface area contributed by atoms with Gasteiger partial charge in [0.05, 0.1) is 5.75 Å². The van der Waals surface area contributed by atoms with E-state index in [1.807, 2.05) is 31.2 Å². The Hall–Kier alpha value is -2.06. The highest BCUT2D eigenvalue weighted by Crippen LogP contribution is 2.20. The lowest BCUT2D eigenvalue weighted by atomic mass is 10.1. The molecule has 1 aromatic carbocycles. The van der Waals surface area contributed by atoms with Gasteiger partial charge in [0.2, 0.25) is 25.2 Å². The molecule has 0 bridgehead atoms. The third-order valence-electron chi connectivity index (χ3n) is 2.79. The Morgan fingerprint density at radius 1 is 1.27 bits per heavy atom. The van der Waals surface area contributed by atoms with Gasteiger partial charge in [0.25, 0.3) is 0 Å². The molecule has 1 amide bonds. The molecule has 1 N–H and O–H groups in total. The van der Waals surface area contributed by atoms with Crippen LogP contribution >= 0.6 is 11.3 Å². The van der Waals surface area contributed by atoms with Crippen LogP contribution < -0.4 is 5.32 Å². The number of benzene rings is 1. The molecule has 0 aliphatic heterocycles. The van der Waals surface area contributed by atoms with Gasteiger partial charge in [0.15, 0.2) is 0 Å². The lowest BCUT2D eigenvalue weighted by molar-refractivity contribution is -0.111. The molecule has 116 valence electrons. The van der Waals surface area contributed by atoms with E-state index >= 15 is 0 Å². The van der Waals surface area contributed by atoms with E-state index in [9.17, 15) is 13.2 Å². The van der Waals surface area contributed by atoms with Gasteiger partial charge >= 0.3 is 0 Å². The van der Waals surface area contributed by atoms with Crippen molar-refractivity contribution in [2.24, 2.45) is 0 Å². The van der Waals surface area contributed by atoms with Crippen LogP contribution in [0.1, 0.15) is 18.1 Å². The van der Waals surface area contributed by atoms with Crippen molar-refractivity contribution in [2.75, 3.05) is 11.1 Å². The van der Waals surface area contributed by atoms with Crippen LogP contribution in [-0.4, -0.2) is 30.3 Å². The molecule has 0 fully saturated rings. The van der Waals surface area contributed by atoms with Gasteiger partial charge in [0.1, 0.15) is 0 Å². The van der Waals surface area contributed by atoms with Crippen molar-refractivity contribution in [3.8, 4) is 0 Å². The van der Waals surface area contributed by atoms with E-state index in [0.29, 0.717) is 0 Å². The second-order valence-corrected chi connectivity index (χ2v) is 7.94. The van der Waals surface area contributed by atoms with E-state index in [2.05, 4.69) is 15.5 Å². The summed E-state index contributed by atoms with van der Waals surface area (Å²) >= 11 is 0.840. The highest BCUT2D eigenvalue weighted by molar-refractivity contribution is 7.93. The molecule has 22 heavy (non-hydrogen) atoms. The topological polar surface area (TPSA) is 89.0 Å². The fourth-order valence-electron chi connectivity index (χ4n) is 1.51. The van der Waals surface area contributed by atoms with Crippen molar-refractivity contribution in [3.63, 3.8) is 0 Å². The number of sulfone groups is 1. The highest BCUT2D eigenvalue weighted by atomic mass is 32.2. The zero-order valence-corrected chi connectivity index (χ0v) is 13.7. The summed E-state index contributed by atoms with van der Waals surface area (Å²) in [7, 11) is -3.40. The summed E-state index contributed by atoms with van der Waals surface area (Å²) in [6, 6.07) is 7.69. The number of anilines is 1. The summed E-state index contributed by atoms with van der Waals surface area (Å²) in [6.07, 6.45) is 3.03. The molecule has 0 atom stereocenters. The van der Waals surface area contributed by atoms with E-state index in [1.165, 1.54) is 13.0 Å². The third kappa shape index (κ3) is 4.22. The minimum atomic E-state index is -3.40. The molecule has 2 aromatic rings. The average Bonchev–Trinajstić information content (AvgIpc) is 2.96. The minimum absolute atomic E-state index is 0.0527. The standard InChI is InChI=1S/C14H15N3O3S2/c1-3-22(19,20)14-17-16-13(21-14)15-12(18)9-8-11-6-4-10(2)5-7-11/h4-9H,3H2,1-2H3,(H,15,16,18). The van der Waals surface area contributed by atoms with E-state index in [4.69, 9.17) is 0 Å². The molecule has 6 nitrogen and oxygen atoms in total. The predicted octanol–water partition coefficient (Wildman–Crippen LogP) is 2.29. The molecule has 0 saturated carbocycles. The molecule has 0 saturated heterocycles. The monoisotopic (exact) mass is 337 g/mol. The van der Waals surface area contributed by atoms with E-state index in [-0.39, 0.29) is 15.2 Å². The lowest BCUT2D eigenvalue weighted by Crippen LogP contribution is -2.07. The van der Waals surface area contributed by atoms with Gasteiger partial charge in [-0.25, -0.2) is 8.42 Å². The number of carbonyl (C=O) groups excluding carboxylic acids is 1. The number of aromatic nitrogens is 2. The number of nitrogens with zero attached hydrogens (tertiary/aromatic N) is 2. The van der Waals surface area contributed by atoms with Gasteiger partial charge in [0, 0.05) is 6.08 Å². The molecular weight excluding hydrogens is 322 g/mol. The quantitative estimate of drug-likeness (QED) is 0.668. The number of aryl methyl sites for hydroxylation is 1. The molecule has 2 rings (SSSR count). The van der Waals surface area contributed by atoms with Crippen molar-refractivity contribution >= 4 is 38.3 Å². The number of hydrogen-bond acceptors (Lipinski definition) is 6. The Morgan fingerprint density at radius 3 is 2.59 bits per heavy atom. The second-order valence-electron chi connectivity index (χ2n) is 4.51. The molecule has 1 heterocycles. The van der Waals surface area contributed by atoms with Crippen molar-refractivity contribution in [3.05, 3.63) is 41.5 Å². The molecule has 0 spiro atoms. The van der Waals surface area contributed by atoms with Crippen LogP contribution in [0.3, 0.4) is 0 Å². The summed E-state index contributed by atoms with van der Waals surface area (Å²) in [5.74, 6) is -0.444. The first kappa shape index (κ1) is 16.3. The largest absolute Gasteiger partial charge is 0.297 e. The number of carbonyl (C=O) groups is 1. The fourth-order valence-corrected chi connectivity index (χ4v) is 3.50. The number of hydrogen-bond donors (Lipinski definition) is 1. The van der Waals surface area contributed by atoms with Crippen molar-refractivity contribution < 1.29 is 13.2 Å². The van der Waals surface area contributed by atoms with Gasteiger partial charge < -0.3 is 0 Å². The first-order valence-electron chi connectivity index (χ1n) is 6.52. The molecule has 0 aliphatic rings. The minimum Gasteiger partial charge on any atom is -0.297 e. The van der Waals surface area contributed by atoms with Crippen LogP contribution in [0, 0.1) is 6.92 Å². The summed E-state index contributed by atoms with van der Waals surface area (Å²) < 4.78 is 23.1. The fraction of sp³-hybridized carbons (Fsp3) is 0.214. The number of rotatable bonds is 5. The molecule has 0 unspecified atom stereocenters. The number of nitrogens with one attached hydrogen (secondary N) is 1. The first-order valence-corrected chi connectivity index (χ1v) is 8.99. The molecule has 8 heteroatoms. The lowest BCUT2D eigenvalue weighted by Gasteiger charge is -1.96. The van der Waals surface area contributed by atoms with Gasteiger partial charge in [-0.05, 0) is 18.6 Å². The van der Waals surface area contributed by atoms with Crippen LogP contribution in [0.5, 0.6) is 0 Å². The van der Waals surface area contributed by atoms with Gasteiger partial charge in [-0.2, -0.15) is 0 Å². The summed E-state index contributed by atoms with van der Waals surface area (Å²) in [4.78, 5) is 11.8. The number of amides is 1. The SMILES string of the molecule is CCS(=O)(=O)c1nnc(NC(=O)C=Cc2ccc(C)cc2)s1. The summed E-state index contributed by atoms with van der Waals surface area (Å²) in [5, 5.41) is 9.89. The Bertz CT molecular complexity index is 793. The molecular formula is C14H15N3O3S2. The van der Waals surface area contributed by atoms with Crippen LogP contribution in [0.15, 0.2) is 34.7 Å². The van der Waals surface area contributed by atoms with Crippen LogP contribution in [-0.2, 0) is 14.6 Å². The second kappa shape index (κ2) is 6.80. The van der Waals surface area contributed by atoms with Crippen molar-refractivity contribution in [2.45, 2.75) is 18.2 Å². The zero-order valence-electron chi connectivity index (χ0n) is 12.1. The summed E-state index contributed by atoms with van der Waals surface area (Å²) in [6.45, 7) is 3.51. The van der Waals surface area contributed by atoms with Crippen molar-refractivity contribution in [1.29, 1.82) is 0 Å². The van der Waals surface area contributed by atoms with Gasteiger partial charge in [-0.15, -0.1) is 10.2 Å². The maximum absolute atomic E-state index is 11.8. The predicted molar refractivity (Wildman–Crippen MR) is 86.5 cm³/mol. The molecule has 0 aliphatic carbocycles. The highest BCUT2D eigenvalue weighted by Gasteiger charge is 2.18. The summed E-state index contributed by atoms with van der Waals surface area (Å²) in [5.41, 5.74) is 2.03. The van der Waals surface area contributed by atoms with Gasteiger partial charge in [-0.3, -0.25) is 10.1 Å². The molecule has 0 radical (unpaired) electrons. The Kier molecular flexibility index (Phi) is 5.04. The van der Waals surface area contributed by atoms with E-state index in [1.54, 1.807) is 6.08 Å². The van der Waals surface area contributed by atoms with Crippen molar-refractivity contribution in [1.82, 2.24) is 10.2 Å². The Morgan fingerprint density at radius 2 is 1.95 bits per heavy atom. The average molecular weight is 337 g/mol. The van der Waals surface area contributed by atoms with E-state index in [0.717, 1.165) is 22.5 Å². The maximum Gasteiger partial charge on any atom is 0.250 e. The first-order chi connectivity index (χ1) is 10.4. The van der Waals surface area contributed by atoms with Crippen LogP contribution in [0.25, 0.3) is 6.08 Å². The normalized spacial score (nSPS) is 11.7. The van der Waals surface area contributed by atoms with Crippen LogP contribution in [0.2, 0.25) is 0 Å². The Balaban J connectivity index is 2.02. The maximum atomic E-state index is 11.8. The third-order valence-corrected chi connectivity index (χ3v) is 5.81. The van der Waals surface area contributed by atoms with Gasteiger partial charge in [-0.1, -0.05) is 48.1 Å². The zero-order chi connectivity index (χ0) is 16.2. The van der Waals surface area contributed by atoms with Crippen LogP contribution in [0.4, 0.5) is 5.13 Å². The molecule has 1 aromatic heterocycles. The van der Waals surface area contributed by atoms with E-state index < -0.39 is 15.7 Å². The smallest absolute Gasteiger partial charge is 0.250 e.